The van der Waals surface area contributed by atoms with E-state index < -0.39 is 10.7 Å². The highest BCUT2D eigenvalue weighted by atomic mass is 19.1. The fraction of sp³-hybridized carbons (Fsp3) is 0.250. The number of para-hydroxylation sites is 1. The van der Waals surface area contributed by atoms with Gasteiger partial charge in [0, 0.05) is 6.07 Å². The minimum atomic E-state index is -0.592. The summed E-state index contributed by atoms with van der Waals surface area (Å²) < 4.78 is 14.0. The molecule has 3 rings (SSSR count). The monoisotopic (exact) mass is 286 g/mol. The molecule has 0 heterocycles. The number of hydrogen-bond donors (Lipinski definition) is 1. The number of rotatable bonds is 3. The summed E-state index contributed by atoms with van der Waals surface area (Å²) in [6.07, 6.45) is 1.71. The predicted molar refractivity (Wildman–Crippen MR) is 78.9 cm³/mol. The Morgan fingerprint density at radius 2 is 2.14 bits per heavy atom. The Kier molecular flexibility index (Phi) is 3.33. The molecule has 1 aliphatic carbocycles. The number of fused-ring (bicyclic) bond motifs is 1. The van der Waals surface area contributed by atoms with Crippen LogP contribution >= 0.6 is 0 Å². The SMILES string of the molecule is Cc1ccc2c(c1)C(Nc1c(F)cccc1[N+](=O)[O-])CC2. The number of nitro benzene ring substituents is 1. The first-order valence-electron chi connectivity index (χ1n) is 6.85. The maximum atomic E-state index is 14.0. The van der Waals surface area contributed by atoms with Crippen molar-refractivity contribution in [2.24, 2.45) is 0 Å². The second-order valence-corrected chi connectivity index (χ2v) is 5.33. The molecular formula is C16H15FN2O2. The Bertz CT molecular complexity index is 715. The third-order valence-electron chi connectivity index (χ3n) is 3.89. The van der Waals surface area contributed by atoms with E-state index in [1.807, 2.05) is 13.0 Å². The van der Waals surface area contributed by atoms with Gasteiger partial charge in [-0.3, -0.25) is 10.1 Å². The Balaban J connectivity index is 1.97. The van der Waals surface area contributed by atoms with Gasteiger partial charge >= 0.3 is 0 Å². The maximum Gasteiger partial charge on any atom is 0.295 e. The summed E-state index contributed by atoms with van der Waals surface area (Å²) in [6, 6.07) is 10.0. The standard InChI is InChI=1S/C16H15FN2O2/c1-10-5-6-11-7-8-14(12(11)9-10)18-16-13(17)3-2-4-15(16)19(20)21/h2-6,9,14,18H,7-8H2,1H3. The molecule has 0 fully saturated rings. The van der Waals surface area contributed by atoms with Gasteiger partial charge in [0.2, 0.25) is 0 Å². The molecule has 108 valence electrons. The van der Waals surface area contributed by atoms with Gasteiger partial charge in [-0.05, 0) is 37.0 Å². The van der Waals surface area contributed by atoms with Crippen molar-refractivity contribution in [2.45, 2.75) is 25.8 Å². The van der Waals surface area contributed by atoms with Crippen molar-refractivity contribution in [1.29, 1.82) is 0 Å². The highest BCUT2D eigenvalue weighted by molar-refractivity contribution is 5.63. The number of hydrogen-bond acceptors (Lipinski definition) is 3. The lowest BCUT2D eigenvalue weighted by Gasteiger charge is -2.16. The fourth-order valence-corrected chi connectivity index (χ4v) is 2.85. The molecule has 0 saturated carbocycles. The Morgan fingerprint density at radius 3 is 2.90 bits per heavy atom. The highest BCUT2D eigenvalue weighted by Crippen LogP contribution is 2.37. The average Bonchev–Trinajstić information content (AvgIpc) is 2.83. The lowest BCUT2D eigenvalue weighted by atomic mass is 10.0. The van der Waals surface area contributed by atoms with Gasteiger partial charge in [0.25, 0.3) is 5.69 Å². The number of nitrogens with one attached hydrogen (secondary N) is 1. The van der Waals surface area contributed by atoms with Crippen LogP contribution in [-0.2, 0) is 6.42 Å². The zero-order chi connectivity index (χ0) is 15.0. The van der Waals surface area contributed by atoms with Gasteiger partial charge in [-0.25, -0.2) is 4.39 Å². The lowest BCUT2D eigenvalue weighted by Crippen LogP contribution is -2.10. The molecule has 0 radical (unpaired) electrons. The minimum Gasteiger partial charge on any atom is -0.370 e. The third kappa shape index (κ3) is 2.46. The van der Waals surface area contributed by atoms with Crippen molar-refractivity contribution < 1.29 is 9.31 Å². The van der Waals surface area contributed by atoms with E-state index in [9.17, 15) is 14.5 Å². The molecule has 4 nitrogen and oxygen atoms in total. The largest absolute Gasteiger partial charge is 0.370 e. The summed E-state index contributed by atoms with van der Waals surface area (Å²) in [5.41, 5.74) is 3.20. The molecule has 5 heteroatoms. The van der Waals surface area contributed by atoms with Crippen LogP contribution in [0.2, 0.25) is 0 Å². The Labute approximate surface area is 121 Å². The molecule has 1 aliphatic rings. The number of aryl methyl sites for hydroxylation is 2. The van der Waals surface area contributed by atoms with Crippen LogP contribution < -0.4 is 5.32 Å². The topological polar surface area (TPSA) is 55.2 Å². The molecule has 0 spiro atoms. The van der Waals surface area contributed by atoms with Crippen LogP contribution in [0.15, 0.2) is 36.4 Å². The van der Waals surface area contributed by atoms with Crippen molar-refractivity contribution in [2.75, 3.05) is 5.32 Å². The summed E-state index contributed by atoms with van der Waals surface area (Å²) in [7, 11) is 0. The van der Waals surface area contributed by atoms with Crippen LogP contribution in [0.25, 0.3) is 0 Å². The molecule has 2 aromatic carbocycles. The van der Waals surface area contributed by atoms with Gasteiger partial charge in [0.1, 0.15) is 5.69 Å². The molecule has 1 N–H and O–H groups in total. The van der Waals surface area contributed by atoms with Crippen molar-refractivity contribution in [1.82, 2.24) is 0 Å². The smallest absolute Gasteiger partial charge is 0.295 e. The van der Waals surface area contributed by atoms with Crippen molar-refractivity contribution >= 4 is 11.4 Å². The molecule has 1 unspecified atom stereocenters. The van der Waals surface area contributed by atoms with E-state index in [1.165, 1.54) is 23.8 Å². The van der Waals surface area contributed by atoms with E-state index in [0.717, 1.165) is 24.0 Å². The van der Waals surface area contributed by atoms with Crippen molar-refractivity contribution in [3.05, 3.63) is 69.0 Å². The van der Waals surface area contributed by atoms with Gasteiger partial charge in [0.05, 0.1) is 11.0 Å². The van der Waals surface area contributed by atoms with Crippen LogP contribution in [0.1, 0.15) is 29.2 Å². The number of nitrogens with zero attached hydrogens (tertiary/aromatic N) is 1. The number of benzene rings is 2. The fourth-order valence-electron chi connectivity index (χ4n) is 2.85. The molecule has 0 saturated heterocycles. The van der Waals surface area contributed by atoms with E-state index in [4.69, 9.17) is 0 Å². The first-order chi connectivity index (χ1) is 10.1. The Hall–Kier alpha value is -2.43. The zero-order valence-electron chi connectivity index (χ0n) is 11.6. The second kappa shape index (κ2) is 5.16. The normalized spacial score (nSPS) is 16.6. The maximum absolute atomic E-state index is 14.0. The van der Waals surface area contributed by atoms with Crippen molar-refractivity contribution in [3.8, 4) is 0 Å². The van der Waals surface area contributed by atoms with Gasteiger partial charge in [-0.15, -0.1) is 0 Å². The minimum absolute atomic E-state index is 0.0261. The van der Waals surface area contributed by atoms with E-state index in [1.54, 1.807) is 0 Å². The summed E-state index contributed by atoms with van der Waals surface area (Å²) in [5, 5.41) is 14.1. The molecule has 0 aliphatic heterocycles. The van der Waals surface area contributed by atoms with Crippen LogP contribution in [0, 0.1) is 22.9 Å². The quantitative estimate of drug-likeness (QED) is 0.681. The molecule has 0 amide bonds. The van der Waals surface area contributed by atoms with E-state index in [-0.39, 0.29) is 17.4 Å². The van der Waals surface area contributed by atoms with Crippen LogP contribution in [0.5, 0.6) is 0 Å². The molecule has 21 heavy (non-hydrogen) atoms. The van der Waals surface area contributed by atoms with Gasteiger partial charge in [-0.2, -0.15) is 0 Å². The summed E-state index contributed by atoms with van der Waals surface area (Å²) in [4.78, 5) is 10.5. The molecule has 0 bridgehead atoms. The van der Waals surface area contributed by atoms with E-state index in [2.05, 4.69) is 17.4 Å². The lowest BCUT2D eigenvalue weighted by molar-refractivity contribution is -0.384. The second-order valence-electron chi connectivity index (χ2n) is 5.33. The van der Waals surface area contributed by atoms with Crippen LogP contribution in [-0.4, -0.2) is 4.92 Å². The summed E-state index contributed by atoms with van der Waals surface area (Å²) in [6.45, 7) is 2.00. The average molecular weight is 286 g/mol. The van der Waals surface area contributed by atoms with E-state index >= 15 is 0 Å². The zero-order valence-corrected chi connectivity index (χ0v) is 11.6. The number of halogens is 1. The highest BCUT2D eigenvalue weighted by Gasteiger charge is 2.26. The summed E-state index contributed by atoms with van der Waals surface area (Å²) >= 11 is 0. The predicted octanol–water partition coefficient (Wildman–Crippen LogP) is 4.14. The van der Waals surface area contributed by atoms with Gasteiger partial charge in [0.15, 0.2) is 5.82 Å². The first-order valence-corrected chi connectivity index (χ1v) is 6.85. The first kappa shape index (κ1) is 13.5. The number of anilines is 1. The molecular weight excluding hydrogens is 271 g/mol. The third-order valence-corrected chi connectivity index (χ3v) is 3.89. The molecule has 2 aromatic rings. The van der Waals surface area contributed by atoms with Crippen molar-refractivity contribution in [3.63, 3.8) is 0 Å². The number of nitro groups is 1. The van der Waals surface area contributed by atoms with Crippen LogP contribution in [0.4, 0.5) is 15.8 Å². The van der Waals surface area contributed by atoms with Gasteiger partial charge in [-0.1, -0.05) is 29.8 Å². The van der Waals surface area contributed by atoms with Gasteiger partial charge < -0.3 is 5.32 Å². The Morgan fingerprint density at radius 1 is 1.33 bits per heavy atom. The van der Waals surface area contributed by atoms with Crippen LogP contribution in [0.3, 0.4) is 0 Å². The molecule has 1 atom stereocenters. The van der Waals surface area contributed by atoms with E-state index in [0.29, 0.717) is 0 Å². The molecule has 0 aromatic heterocycles. The summed E-state index contributed by atoms with van der Waals surface area (Å²) in [5.74, 6) is -0.592.